The van der Waals surface area contributed by atoms with Gasteiger partial charge >= 0.3 is 0 Å². The molecule has 2 rings (SSSR count). The Morgan fingerprint density at radius 2 is 1.95 bits per heavy atom. The van der Waals surface area contributed by atoms with Crippen molar-refractivity contribution in [3.63, 3.8) is 0 Å². The molecule has 0 fully saturated rings. The van der Waals surface area contributed by atoms with Crippen LogP contribution in [0.4, 0.5) is 4.39 Å². The molecule has 0 aliphatic carbocycles. The van der Waals surface area contributed by atoms with Crippen molar-refractivity contribution in [3.8, 4) is 0 Å². The SMILES string of the molecule is CCC(NS(=O)(=O)c1ncccc1F)c1ccc(Cl)cc1. The van der Waals surface area contributed by atoms with Crippen LogP contribution in [0.5, 0.6) is 0 Å². The van der Waals surface area contributed by atoms with Crippen molar-refractivity contribution >= 4 is 21.6 Å². The number of aromatic nitrogens is 1. The maximum Gasteiger partial charge on any atom is 0.261 e. The molecule has 0 aliphatic heterocycles. The topological polar surface area (TPSA) is 59.1 Å². The molecule has 1 unspecified atom stereocenters. The fourth-order valence-electron chi connectivity index (χ4n) is 1.89. The second-order valence-corrected chi connectivity index (χ2v) is 6.49. The quantitative estimate of drug-likeness (QED) is 0.916. The van der Waals surface area contributed by atoms with E-state index in [9.17, 15) is 12.8 Å². The van der Waals surface area contributed by atoms with E-state index in [-0.39, 0.29) is 0 Å². The molecule has 7 heteroatoms. The summed E-state index contributed by atoms with van der Waals surface area (Å²) >= 11 is 5.81. The van der Waals surface area contributed by atoms with E-state index >= 15 is 0 Å². The molecule has 0 aliphatic rings. The molecule has 0 saturated heterocycles. The summed E-state index contributed by atoms with van der Waals surface area (Å²) in [5.74, 6) is -0.879. The molecule has 1 aromatic carbocycles. The zero-order chi connectivity index (χ0) is 15.5. The van der Waals surface area contributed by atoms with Gasteiger partial charge in [-0.3, -0.25) is 0 Å². The third-order valence-corrected chi connectivity index (χ3v) is 4.61. The summed E-state index contributed by atoms with van der Waals surface area (Å²) < 4.78 is 40.5. The smallest absolute Gasteiger partial charge is 0.241 e. The summed E-state index contributed by atoms with van der Waals surface area (Å²) in [6.45, 7) is 1.83. The first-order valence-electron chi connectivity index (χ1n) is 6.32. The predicted octanol–water partition coefficient (Wildman–Crippen LogP) is 3.30. The Morgan fingerprint density at radius 3 is 2.52 bits per heavy atom. The summed E-state index contributed by atoms with van der Waals surface area (Å²) in [4.78, 5) is 3.60. The summed E-state index contributed by atoms with van der Waals surface area (Å²) in [5, 5.41) is -0.0374. The van der Waals surface area contributed by atoms with Gasteiger partial charge in [0.25, 0.3) is 10.0 Å². The first kappa shape index (κ1) is 15.9. The summed E-state index contributed by atoms with van der Waals surface area (Å²) in [6, 6.07) is 8.73. The summed E-state index contributed by atoms with van der Waals surface area (Å²) in [6.07, 6.45) is 1.75. The van der Waals surface area contributed by atoms with Gasteiger partial charge in [-0.05, 0) is 36.2 Å². The molecule has 0 radical (unpaired) electrons. The summed E-state index contributed by atoms with van der Waals surface area (Å²) in [7, 11) is -4.03. The van der Waals surface area contributed by atoms with Crippen LogP contribution < -0.4 is 4.72 Å². The van der Waals surface area contributed by atoms with Crippen LogP contribution in [0.3, 0.4) is 0 Å². The molecule has 1 atom stereocenters. The van der Waals surface area contributed by atoms with Crippen molar-refractivity contribution in [2.45, 2.75) is 24.4 Å². The Morgan fingerprint density at radius 1 is 1.29 bits per heavy atom. The molecule has 21 heavy (non-hydrogen) atoms. The minimum atomic E-state index is -4.03. The monoisotopic (exact) mass is 328 g/mol. The van der Waals surface area contributed by atoms with Crippen molar-refractivity contribution < 1.29 is 12.8 Å². The van der Waals surface area contributed by atoms with Crippen molar-refractivity contribution in [1.82, 2.24) is 9.71 Å². The first-order chi connectivity index (χ1) is 9.94. The van der Waals surface area contributed by atoms with Gasteiger partial charge in [0.15, 0.2) is 5.82 Å². The van der Waals surface area contributed by atoms with Gasteiger partial charge in [0.1, 0.15) is 0 Å². The average Bonchev–Trinajstić information content (AvgIpc) is 2.46. The van der Waals surface area contributed by atoms with E-state index < -0.39 is 26.9 Å². The number of pyridine rings is 1. The van der Waals surface area contributed by atoms with E-state index in [1.165, 1.54) is 12.3 Å². The molecule has 0 spiro atoms. The molecular weight excluding hydrogens is 315 g/mol. The number of rotatable bonds is 5. The minimum Gasteiger partial charge on any atom is -0.241 e. The van der Waals surface area contributed by atoms with E-state index in [0.29, 0.717) is 11.4 Å². The molecular formula is C14H14ClFN2O2S. The van der Waals surface area contributed by atoms with E-state index in [4.69, 9.17) is 11.6 Å². The number of hydrogen-bond donors (Lipinski definition) is 1. The number of benzene rings is 1. The van der Waals surface area contributed by atoms with Crippen LogP contribution in [-0.4, -0.2) is 13.4 Å². The maximum absolute atomic E-state index is 13.6. The van der Waals surface area contributed by atoms with Gasteiger partial charge in [-0.25, -0.2) is 22.5 Å². The Balaban J connectivity index is 2.30. The van der Waals surface area contributed by atoms with Gasteiger partial charge in [0.05, 0.1) is 0 Å². The van der Waals surface area contributed by atoms with Crippen molar-refractivity contribution in [2.24, 2.45) is 0 Å². The minimum absolute atomic E-state index is 0.478. The lowest BCUT2D eigenvalue weighted by Gasteiger charge is -2.17. The number of nitrogens with one attached hydrogen (secondary N) is 1. The average molecular weight is 329 g/mol. The van der Waals surface area contributed by atoms with E-state index in [1.54, 1.807) is 24.3 Å². The third-order valence-electron chi connectivity index (χ3n) is 2.96. The highest BCUT2D eigenvalue weighted by atomic mass is 35.5. The Kier molecular flexibility index (Phi) is 4.92. The molecule has 0 saturated carbocycles. The molecule has 0 amide bonds. The number of nitrogens with zero attached hydrogens (tertiary/aromatic N) is 1. The lowest BCUT2D eigenvalue weighted by atomic mass is 10.1. The number of halogens is 2. The van der Waals surface area contributed by atoms with E-state index in [1.807, 2.05) is 6.92 Å². The standard InChI is InChI=1S/C14H14ClFN2O2S/c1-2-13(10-5-7-11(15)8-6-10)18-21(19,20)14-12(16)4-3-9-17-14/h3-9,13,18H,2H2,1H3. The van der Waals surface area contributed by atoms with Gasteiger partial charge in [-0.1, -0.05) is 30.7 Å². The molecule has 112 valence electrons. The molecule has 2 aromatic rings. The van der Waals surface area contributed by atoms with Crippen LogP contribution in [0, 0.1) is 5.82 Å². The van der Waals surface area contributed by atoms with Crippen LogP contribution in [0.2, 0.25) is 5.02 Å². The fraction of sp³-hybridized carbons (Fsp3) is 0.214. The van der Waals surface area contributed by atoms with Gasteiger partial charge in [-0.2, -0.15) is 0 Å². The normalized spacial score (nSPS) is 13.1. The van der Waals surface area contributed by atoms with Crippen LogP contribution in [0.25, 0.3) is 0 Å². The van der Waals surface area contributed by atoms with E-state index in [0.717, 1.165) is 11.6 Å². The first-order valence-corrected chi connectivity index (χ1v) is 8.18. The van der Waals surface area contributed by atoms with Crippen LogP contribution in [-0.2, 0) is 10.0 Å². The zero-order valence-electron chi connectivity index (χ0n) is 11.3. The molecule has 4 nitrogen and oxygen atoms in total. The summed E-state index contributed by atoms with van der Waals surface area (Å²) in [5.41, 5.74) is 0.752. The lowest BCUT2D eigenvalue weighted by molar-refractivity contribution is 0.526. The molecule has 1 N–H and O–H groups in total. The van der Waals surface area contributed by atoms with Gasteiger partial charge in [0.2, 0.25) is 5.03 Å². The third kappa shape index (κ3) is 3.78. The highest BCUT2D eigenvalue weighted by Crippen LogP contribution is 2.22. The van der Waals surface area contributed by atoms with Gasteiger partial charge in [-0.15, -0.1) is 0 Å². The molecule has 0 bridgehead atoms. The van der Waals surface area contributed by atoms with Crippen LogP contribution in [0.15, 0.2) is 47.6 Å². The van der Waals surface area contributed by atoms with Crippen LogP contribution in [0.1, 0.15) is 24.9 Å². The lowest BCUT2D eigenvalue weighted by Crippen LogP contribution is -2.29. The second kappa shape index (κ2) is 6.51. The van der Waals surface area contributed by atoms with Crippen LogP contribution >= 0.6 is 11.6 Å². The van der Waals surface area contributed by atoms with Crippen molar-refractivity contribution in [2.75, 3.05) is 0 Å². The zero-order valence-corrected chi connectivity index (χ0v) is 12.8. The van der Waals surface area contributed by atoms with Crippen molar-refractivity contribution in [1.29, 1.82) is 0 Å². The number of sulfonamides is 1. The Bertz CT molecular complexity index is 720. The van der Waals surface area contributed by atoms with Gasteiger partial charge in [0, 0.05) is 17.3 Å². The fourth-order valence-corrected chi connectivity index (χ4v) is 3.33. The number of hydrogen-bond acceptors (Lipinski definition) is 3. The largest absolute Gasteiger partial charge is 0.261 e. The van der Waals surface area contributed by atoms with Crippen molar-refractivity contribution in [3.05, 3.63) is 59.0 Å². The predicted molar refractivity (Wildman–Crippen MR) is 79.0 cm³/mol. The Hall–Kier alpha value is -1.50. The highest BCUT2D eigenvalue weighted by Gasteiger charge is 2.24. The highest BCUT2D eigenvalue weighted by molar-refractivity contribution is 7.89. The molecule has 1 heterocycles. The second-order valence-electron chi connectivity index (χ2n) is 4.42. The van der Waals surface area contributed by atoms with Gasteiger partial charge < -0.3 is 0 Å². The van der Waals surface area contributed by atoms with E-state index in [2.05, 4.69) is 9.71 Å². The molecule has 1 aromatic heterocycles. The Labute approximate surface area is 128 Å². The maximum atomic E-state index is 13.6.